The number of carboxylic acid groups (broad SMARTS) is 1. The molecule has 0 bridgehead atoms. The minimum atomic E-state index is -0.920. The van der Waals surface area contributed by atoms with Gasteiger partial charge in [0.25, 0.3) is 0 Å². The van der Waals surface area contributed by atoms with Crippen LogP contribution >= 0.6 is 0 Å². The van der Waals surface area contributed by atoms with E-state index in [1.54, 1.807) is 0 Å². The number of benzene rings is 2. The molecule has 0 radical (unpaired) electrons. The van der Waals surface area contributed by atoms with E-state index in [1.807, 2.05) is 36.4 Å². The first-order valence-corrected chi connectivity index (χ1v) is 9.16. The Hall–Kier alpha value is -1.87. The number of carbonyl (C=O) groups is 1. The minimum Gasteiger partial charge on any atom is -0.481 e. The minimum absolute atomic E-state index is 0.0539. The Morgan fingerprint density at radius 3 is 2.36 bits per heavy atom. The van der Waals surface area contributed by atoms with E-state index in [2.05, 4.69) is 20.8 Å². The zero-order chi connectivity index (χ0) is 18.2. The van der Waals surface area contributed by atoms with Crippen LogP contribution in [0.5, 0.6) is 0 Å². The molecule has 0 spiro atoms. The lowest BCUT2D eigenvalue weighted by Gasteiger charge is -2.42. The SMILES string of the molecule is CC(C)(C)C1CCC(O)(c2ccc3ccccc3c2CC(=O)O)CC1. The van der Waals surface area contributed by atoms with Crippen molar-refractivity contribution in [2.45, 2.75) is 58.5 Å². The van der Waals surface area contributed by atoms with Crippen LogP contribution < -0.4 is 0 Å². The lowest BCUT2D eigenvalue weighted by atomic mass is 9.66. The summed E-state index contributed by atoms with van der Waals surface area (Å²) in [7, 11) is 0. The average molecular weight is 340 g/mol. The smallest absolute Gasteiger partial charge is 0.307 e. The largest absolute Gasteiger partial charge is 0.481 e. The van der Waals surface area contributed by atoms with Crippen molar-refractivity contribution in [2.24, 2.45) is 11.3 Å². The highest BCUT2D eigenvalue weighted by molar-refractivity contribution is 5.90. The molecule has 3 heteroatoms. The van der Waals surface area contributed by atoms with Crippen molar-refractivity contribution >= 4 is 16.7 Å². The Bertz CT molecular complexity index is 777. The lowest BCUT2D eigenvalue weighted by molar-refractivity contribution is -0.136. The summed E-state index contributed by atoms with van der Waals surface area (Å²) < 4.78 is 0. The summed E-state index contributed by atoms with van der Waals surface area (Å²) >= 11 is 0. The second-order valence-corrected chi connectivity index (χ2v) is 8.56. The first kappa shape index (κ1) is 17.9. The average Bonchev–Trinajstić information content (AvgIpc) is 2.54. The van der Waals surface area contributed by atoms with Crippen LogP contribution in [0.25, 0.3) is 10.8 Å². The molecule has 1 aliphatic rings. The van der Waals surface area contributed by atoms with Crippen molar-refractivity contribution in [2.75, 3.05) is 0 Å². The molecule has 0 heterocycles. The van der Waals surface area contributed by atoms with Crippen LogP contribution in [0.1, 0.15) is 57.6 Å². The van der Waals surface area contributed by atoms with Crippen molar-refractivity contribution in [1.82, 2.24) is 0 Å². The molecule has 2 aromatic carbocycles. The van der Waals surface area contributed by atoms with Crippen molar-refractivity contribution in [3.63, 3.8) is 0 Å². The fraction of sp³-hybridized carbons (Fsp3) is 0.500. The summed E-state index contributed by atoms with van der Waals surface area (Å²) in [6.07, 6.45) is 3.28. The van der Waals surface area contributed by atoms with Gasteiger partial charge in [0.2, 0.25) is 0 Å². The number of rotatable bonds is 3. The lowest BCUT2D eigenvalue weighted by Crippen LogP contribution is -2.36. The molecule has 0 saturated heterocycles. The highest BCUT2D eigenvalue weighted by Gasteiger charge is 2.39. The summed E-state index contributed by atoms with van der Waals surface area (Å²) in [5.74, 6) is -0.263. The Kier molecular flexibility index (Phi) is 4.63. The Balaban J connectivity index is 2.02. The first-order chi connectivity index (χ1) is 11.7. The molecular formula is C22H28O3. The van der Waals surface area contributed by atoms with Crippen LogP contribution in [0.3, 0.4) is 0 Å². The van der Waals surface area contributed by atoms with E-state index in [-0.39, 0.29) is 11.8 Å². The van der Waals surface area contributed by atoms with Crippen molar-refractivity contribution in [3.05, 3.63) is 47.5 Å². The van der Waals surface area contributed by atoms with Crippen LogP contribution in [0, 0.1) is 11.3 Å². The molecule has 1 fully saturated rings. The summed E-state index contributed by atoms with van der Waals surface area (Å²) in [5.41, 5.74) is 0.897. The highest BCUT2D eigenvalue weighted by atomic mass is 16.4. The maximum absolute atomic E-state index is 11.5. The maximum atomic E-state index is 11.5. The fourth-order valence-corrected chi connectivity index (χ4v) is 4.34. The van der Waals surface area contributed by atoms with Crippen LogP contribution in [0.15, 0.2) is 36.4 Å². The number of aliphatic carboxylic acids is 1. The van der Waals surface area contributed by atoms with Crippen molar-refractivity contribution in [3.8, 4) is 0 Å². The van der Waals surface area contributed by atoms with Gasteiger partial charge in [-0.05, 0) is 58.9 Å². The van der Waals surface area contributed by atoms with E-state index in [0.717, 1.165) is 34.7 Å². The molecule has 25 heavy (non-hydrogen) atoms. The normalized spacial score (nSPS) is 24.4. The standard InChI is InChI=1S/C22H28O3/c1-21(2,3)16-10-12-22(25,13-11-16)19-9-8-15-6-4-5-7-17(15)18(19)14-20(23)24/h4-9,16,25H,10-14H2,1-3H3,(H,23,24). The predicted octanol–water partition coefficient (Wildman–Crippen LogP) is 4.89. The topological polar surface area (TPSA) is 57.5 Å². The number of carboxylic acids is 1. The highest BCUT2D eigenvalue weighted by Crippen LogP contribution is 2.47. The first-order valence-electron chi connectivity index (χ1n) is 9.16. The van der Waals surface area contributed by atoms with Gasteiger partial charge in [-0.2, -0.15) is 0 Å². The maximum Gasteiger partial charge on any atom is 0.307 e. The molecule has 1 saturated carbocycles. The van der Waals surface area contributed by atoms with E-state index in [4.69, 9.17) is 0 Å². The molecule has 1 aliphatic carbocycles. The van der Waals surface area contributed by atoms with Gasteiger partial charge in [-0.3, -0.25) is 4.79 Å². The predicted molar refractivity (Wildman–Crippen MR) is 101 cm³/mol. The Labute approximate surface area is 149 Å². The molecule has 0 unspecified atom stereocenters. The summed E-state index contributed by atoms with van der Waals surface area (Å²) in [4.78, 5) is 11.5. The fourth-order valence-electron chi connectivity index (χ4n) is 4.34. The van der Waals surface area contributed by atoms with Crippen molar-refractivity contribution in [1.29, 1.82) is 0 Å². The molecular weight excluding hydrogens is 312 g/mol. The second kappa shape index (κ2) is 6.45. The summed E-state index contributed by atoms with van der Waals surface area (Å²) in [6.45, 7) is 6.77. The molecule has 0 aliphatic heterocycles. The van der Waals surface area contributed by atoms with Crippen LogP contribution in [0.2, 0.25) is 0 Å². The van der Waals surface area contributed by atoms with Gasteiger partial charge in [0.1, 0.15) is 0 Å². The third kappa shape index (κ3) is 3.57. The van der Waals surface area contributed by atoms with Gasteiger partial charge >= 0.3 is 5.97 Å². The number of fused-ring (bicyclic) bond motifs is 1. The summed E-state index contributed by atoms with van der Waals surface area (Å²) in [6, 6.07) is 11.8. The molecule has 3 nitrogen and oxygen atoms in total. The number of hydrogen-bond donors (Lipinski definition) is 2. The van der Waals surface area contributed by atoms with E-state index in [1.165, 1.54) is 0 Å². The van der Waals surface area contributed by atoms with E-state index < -0.39 is 11.6 Å². The van der Waals surface area contributed by atoms with Gasteiger partial charge in [0.15, 0.2) is 0 Å². The zero-order valence-electron chi connectivity index (χ0n) is 15.4. The third-order valence-corrected chi connectivity index (χ3v) is 5.91. The summed E-state index contributed by atoms with van der Waals surface area (Å²) in [5, 5.41) is 22.7. The van der Waals surface area contributed by atoms with E-state index >= 15 is 0 Å². The number of hydrogen-bond acceptors (Lipinski definition) is 2. The molecule has 0 atom stereocenters. The molecule has 0 amide bonds. The van der Waals surface area contributed by atoms with Gasteiger partial charge in [0, 0.05) is 0 Å². The second-order valence-electron chi connectivity index (χ2n) is 8.56. The van der Waals surface area contributed by atoms with Crippen LogP contribution in [-0.4, -0.2) is 16.2 Å². The molecule has 2 N–H and O–H groups in total. The Morgan fingerprint density at radius 1 is 1.12 bits per heavy atom. The van der Waals surface area contributed by atoms with Gasteiger partial charge in [-0.15, -0.1) is 0 Å². The van der Waals surface area contributed by atoms with E-state index in [9.17, 15) is 15.0 Å². The van der Waals surface area contributed by atoms with Gasteiger partial charge in [0.05, 0.1) is 12.0 Å². The van der Waals surface area contributed by atoms with Gasteiger partial charge < -0.3 is 10.2 Å². The quantitative estimate of drug-likeness (QED) is 0.836. The third-order valence-electron chi connectivity index (χ3n) is 5.91. The zero-order valence-corrected chi connectivity index (χ0v) is 15.4. The monoisotopic (exact) mass is 340 g/mol. The molecule has 134 valence electrons. The van der Waals surface area contributed by atoms with Gasteiger partial charge in [-0.25, -0.2) is 0 Å². The van der Waals surface area contributed by atoms with Gasteiger partial charge in [-0.1, -0.05) is 57.2 Å². The van der Waals surface area contributed by atoms with Crippen molar-refractivity contribution < 1.29 is 15.0 Å². The molecule has 2 aromatic rings. The molecule has 0 aromatic heterocycles. The van der Waals surface area contributed by atoms with Crippen LogP contribution in [0.4, 0.5) is 0 Å². The van der Waals surface area contributed by atoms with Crippen LogP contribution in [-0.2, 0) is 16.8 Å². The van der Waals surface area contributed by atoms with E-state index in [0.29, 0.717) is 18.8 Å². The molecule has 3 rings (SSSR count). The Morgan fingerprint density at radius 2 is 1.76 bits per heavy atom. The number of aliphatic hydroxyl groups is 1.